The lowest BCUT2D eigenvalue weighted by atomic mass is 10.2. The van der Waals surface area contributed by atoms with Gasteiger partial charge in [0.1, 0.15) is 12.3 Å². The normalized spacial score (nSPS) is 12.8. The second kappa shape index (κ2) is 6.65. The zero-order chi connectivity index (χ0) is 17.1. The van der Waals surface area contributed by atoms with Gasteiger partial charge in [0, 0.05) is 16.3 Å². The van der Waals surface area contributed by atoms with Crippen molar-refractivity contribution in [2.24, 2.45) is 0 Å². The van der Waals surface area contributed by atoms with Crippen molar-refractivity contribution in [2.75, 3.05) is 23.4 Å². The molecule has 1 N–H and O–H groups in total. The van der Waals surface area contributed by atoms with E-state index in [1.54, 1.807) is 42.5 Å². The zero-order valence-electron chi connectivity index (χ0n) is 12.6. The lowest BCUT2D eigenvalue weighted by Crippen LogP contribution is -2.43. The molecule has 0 bridgehead atoms. The second-order valence-electron chi connectivity index (χ2n) is 5.15. The fraction of sp³-hybridized carbons (Fsp3) is 0.111. The van der Waals surface area contributed by atoms with Gasteiger partial charge in [0.25, 0.3) is 5.91 Å². The van der Waals surface area contributed by atoms with Gasteiger partial charge in [-0.05, 0) is 36.4 Å². The number of rotatable bonds is 3. The summed E-state index contributed by atoms with van der Waals surface area (Å²) in [6.45, 7) is -0.260. The van der Waals surface area contributed by atoms with E-state index in [1.807, 2.05) is 0 Å². The molecule has 5 nitrogen and oxygen atoms in total. The minimum absolute atomic E-state index is 0.117. The molecule has 1 heterocycles. The molecule has 0 fully saturated rings. The molecule has 24 heavy (non-hydrogen) atoms. The number of nitrogens with zero attached hydrogens (tertiary/aromatic N) is 1. The SMILES string of the molecule is C#Cc1cccc(NC(=O)CN2C(=O)COc3ccc(Cl)cc32)c1. The third-order valence-corrected chi connectivity index (χ3v) is 3.71. The molecule has 0 unspecified atom stereocenters. The Labute approximate surface area is 144 Å². The molecule has 1 aliphatic rings. The smallest absolute Gasteiger partial charge is 0.265 e. The van der Waals surface area contributed by atoms with Gasteiger partial charge in [-0.2, -0.15) is 0 Å². The third-order valence-electron chi connectivity index (χ3n) is 3.48. The number of terminal acetylenes is 1. The van der Waals surface area contributed by atoms with Gasteiger partial charge in [-0.15, -0.1) is 6.42 Å². The lowest BCUT2D eigenvalue weighted by molar-refractivity contribution is -0.123. The summed E-state index contributed by atoms with van der Waals surface area (Å²) in [6.07, 6.45) is 5.34. The predicted octanol–water partition coefficient (Wildman–Crippen LogP) is 2.69. The number of ether oxygens (including phenoxy) is 1. The van der Waals surface area contributed by atoms with Gasteiger partial charge < -0.3 is 10.1 Å². The van der Waals surface area contributed by atoms with Crippen LogP contribution in [0.5, 0.6) is 5.75 Å². The average Bonchev–Trinajstić information content (AvgIpc) is 2.57. The van der Waals surface area contributed by atoms with Crippen LogP contribution in [0.3, 0.4) is 0 Å². The molecule has 1 aliphatic heterocycles. The monoisotopic (exact) mass is 340 g/mol. The Morgan fingerprint density at radius 1 is 1.33 bits per heavy atom. The minimum atomic E-state index is -0.342. The number of amides is 2. The Morgan fingerprint density at radius 3 is 2.96 bits per heavy atom. The first-order valence-corrected chi connectivity index (χ1v) is 7.54. The third kappa shape index (κ3) is 3.34. The van der Waals surface area contributed by atoms with Gasteiger partial charge in [0.05, 0.1) is 5.69 Å². The number of hydrogen-bond acceptors (Lipinski definition) is 3. The molecule has 6 heteroatoms. The molecule has 0 aromatic heterocycles. The lowest BCUT2D eigenvalue weighted by Gasteiger charge is -2.29. The Morgan fingerprint density at radius 2 is 2.17 bits per heavy atom. The first-order valence-electron chi connectivity index (χ1n) is 7.16. The largest absolute Gasteiger partial charge is 0.482 e. The Bertz CT molecular complexity index is 858. The van der Waals surface area contributed by atoms with Crippen LogP contribution in [0.4, 0.5) is 11.4 Å². The Kier molecular flexibility index (Phi) is 4.41. The van der Waals surface area contributed by atoms with Crippen LogP contribution in [0.1, 0.15) is 5.56 Å². The van der Waals surface area contributed by atoms with Crippen molar-refractivity contribution in [2.45, 2.75) is 0 Å². The highest BCUT2D eigenvalue weighted by atomic mass is 35.5. The first kappa shape index (κ1) is 15.9. The van der Waals surface area contributed by atoms with E-state index in [9.17, 15) is 9.59 Å². The Balaban J connectivity index is 1.78. The number of nitrogens with one attached hydrogen (secondary N) is 1. The molecule has 0 atom stereocenters. The molecule has 3 rings (SSSR count). The van der Waals surface area contributed by atoms with Crippen LogP contribution in [0.15, 0.2) is 42.5 Å². The highest BCUT2D eigenvalue weighted by molar-refractivity contribution is 6.31. The fourth-order valence-electron chi connectivity index (χ4n) is 2.38. The molecular formula is C18H13ClN2O3. The molecule has 0 radical (unpaired) electrons. The maximum absolute atomic E-state index is 12.3. The van der Waals surface area contributed by atoms with Crippen molar-refractivity contribution in [3.63, 3.8) is 0 Å². The molecular weight excluding hydrogens is 328 g/mol. The van der Waals surface area contributed by atoms with Gasteiger partial charge in [-0.25, -0.2) is 0 Å². The van der Waals surface area contributed by atoms with Crippen molar-refractivity contribution in [1.82, 2.24) is 0 Å². The summed E-state index contributed by atoms with van der Waals surface area (Å²) in [4.78, 5) is 25.8. The van der Waals surface area contributed by atoms with Gasteiger partial charge in [0.2, 0.25) is 5.91 Å². The van der Waals surface area contributed by atoms with E-state index in [4.69, 9.17) is 22.8 Å². The molecule has 0 spiro atoms. The van der Waals surface area contributed by atoms with Crippen molar-refractivity contribution in [1.29, 1.82) is 0 Å². The standard InChI is InChI=1S/C18H13ClN2O3/c1-2-12-4-3-5-14(8-12)20-17(22)10-21-15-9-13(19)6-7-16(15)24-11-18(21)23/h1,3-9H,10-11H2,(H,20,22). The van der Waals surface area contributed by atoms with Crippen LogP contribution < -0.4 is 15.0 Å². The molecule has 0 saturated carbocycles. The van der Waals surface area contributed by atoms with Crippen LogP contribution in [0, 0.1) is 12.3 Å². The summed E-state index contributed by atoms with van der Waals surface area (Å²) in [5.41, 5.74) is 1.71. The number of fused-ring (bicyclic) bond motifs is 1. The average molecular weight is 341 g/mol. The summed E-state index contributed by atoms with van der Waals surface area (Å²) in [7, 11) is 0. The van der Waals surface area contributed by atoms with Crippen LogP contribution in [-0.2, 0) is 9.59 Å². The number of halogens is 1. The number of benzene rings is 2. The number of hydrogen-bond donors (Lipinski definition) is 1. The number of anilines is 2. The topological polar surface area (TPSA) is 58.6 Å². The Hall–Kier alpha value is -2.97. The summed E-state index contributed by atoms with van der Waals surface area (Å²) in [6, 6.07) is 11.9. The predicted molar refractivity (Wildman–Crippen MR) is 92.3 cm³/mol. The summed E-state index contributed by atoms with van der Waals surface area (Å²) in [5, 5.41) is 3.19. The van der Waals surface area contributed by atoms with Crippen molar-refractivity contribution in [3.8, 4) is 18.1 Å². The van der Waals surface area contributed by atoms with Gasteiger partial charge in [-0.1, -0.05) is 23.6 Å². The maximum atomic E-state index is 12.3. The molecule has 0 aliphatic carbocycles. The fourth-order valence-corrected chi connectivity index (χ4v) is 2.55. The van der Waals surface area contributed by atoms with Gasteiger partial charge >= 0.3 is 0 Å². The van der Waals surface area contributed by atoms with Crippen LogP contribution in [0.25, 0.3) is 0 Å². The quantitative estimate of drug-likeness (QED) is 0.874. The zero-order valence-corrected chi connectivity index (χ0v) is 13.3. The highest BCUT2D eigenvalue weighted by Gasteiger charge is 2.27. The van der Waals surface area contributed by atoms with Crippen molar-refractivity contribution in [3.05, 3.63) is 53.1 Å². The first-order chi connectivity index (χ1) is 11.6. The molecule has 120 valence electrons. The van der Waals surface area contributed by atoms with Crippen molar-refractivity contribution < 1.29 is 14.3 Å². The molecule has 2 aromatic rings. The molecule has 2 amide bonds. The maximum Gasteiger partial charge on any atom is 0.265 e. The van der Waals surface area contributed by atoms with E-state index in [-0.39, 0.29) is 25.0 Å². The van der Waals surface area contributed by atoms with Crippen LogP contribution in [0.2, 0.25) is 5.02 Å². The molecule has 2 aromatic carbocycles. The summed E-state index contributed by atoms with van der Waals surface area (Å²) < 4.78 is 5.35. The summed E-state index contributed by atoms with van der Waals surface area (Å²) >= 11 is 5.98. The van der Waals surface area contributed by atoms with E-state index >= 15 is 0 Å². The van der Waals surface area contributed by atoms with Crippen LogP contribution in [-0.4, -0.2) is 25.0 Å². The van der Waals surface area contributed by atoms with Gasteiger partial charge in [0.15, 0.2) is 6.61 Å². The van der Waals surface area contributed by atoms with E-state index < -0.39 is 0 Å². The van der Waals surface area contributed by atoms with Crippen LogP contribution >= 0.6 is 11.6 Å². The number of carbonyl (C=O) groups is 2. The van der Waals surface area contributed by atoms with E-state index in [1.165, 1.54) is 4.90 Å². The van der Waals surface area contributed by atoms with E-state index in [0.29, 0.717) is 27.7 Å². The highest BCUT2D eigenvalue weighted by Crippen LogP contribution is 2.34. The van der Waals surface area contributed by atoms with Crippen molar-refractivity contribution >= 4 is 34.8 Å². The summed E-state index contributed by atoms with van der Waals surface area (Å²) in [5.74, 6) is 2.37. The minimum Gasteiger partial charge on any atom is -0.482 e. The van der Waals surface area contributed by atoms with E-state index in [0.717, 1.165) is 0 Å². The molecule has 0 saturated heterocycles. The van der Waals surface area contributed by atoms with E-state index in [2.05, 4.69) is 11.2 Å². The number of carbonyl (C=O) groups excluding carboxylic acids is 2. The van der Waals surface area contributed by atoms with Gasteiger partial charge in [-0.3, -0.25) is 14.5 Å². The second-order valence-corrected chi connectivity index (χ2v) is 5.59.